The lowest BCUT2D eigenvalue weighted by Gasteiger charge is -2.08. The van der Waals surface area contributed by atoms with Gasteiger partial charge in [-0.25, -0.2) is 9.78 Å². The average Bonchev–Trinajstić information content (AvgIpc) is 2.40. The number of aromatic nitrogens is 1. The first-order chi connectivity index (χ1) is 10.0. The molecule has 2 aromatic rings. The van der Waals surface area contributed by atoms with Crippen molar-refractivity contribution in [1.29, 1.82) is 0 Å². The molecular weight excluding hydrogens is 280 g/mol. The number of hydrogen-bond donors (Lipinski definition) is 2. The largest absolute Gasteiger partial charge is 0.435 e. The van der Waals surface area contributed by atoms with Crippen molar-refractivity contribution in [3.8, 4) is 5.75 Å². The predicted octanol–water partition coefficient (Wildman–Crippen LogP) is 3.64. The molecule has 21 heavy (non-hydrogen) atoms. The van der Waals surface area contributed by atoms with Crippen molar-refractivity contribution in [2.45, 2.75) is 13.5 Å². The molecule has 2 rings (SSSR count). The van der Waals surface area contributed by atoms with E-state index < -0.39 is 12.6 Å². The molecule has 1 aromatic heterocycles. The summed E-state index contributed by atoms with van der Waals surface area (Å²) in [6.07, 6.45) is 0. The summed E-state index contributed by atoms with van der Waals surface area (Å²) in [5.74, 6) is 0.446. The van der Waals surface area contributed by atoms with E-state index in [-0.39, 0.29) is 5.75 Å². The van der Waals surface area contributed by atoms with Crippen LogP contribution in [-0.2, 0) is 0 Å². The number of rotatable bonds is 4. The van der Waals surface area contributed by atoms with Crippen molar-refractivity contribution < 1.29 is 18.3 Å². The lowest BCUT2D eigenvalue weighted by atomic mass is 10.3. The van der Waals surface area contributed by atoms with Gasteiger partial charge in [0.15, 0.2) is 0 Å². The number of carbonyl (C=O) groups excluding carboxylic acids is 1. The van der Waals surface area contributed by atoms with Crippen molar-refractivity contribution in [3.05, 3.63) is 48.2 Å². The van der Waals surface area contributed by atoms with Gasteiger partial charge in [-0.1, -0.05) is 6.07 Å². The molecular formula is C14H13F2N3O2. The van der Waals surface area contributed by atoms with E-state index in [2.05, 4.69) is 20.4 Å². The minimum absolute atomic E-state index is 0.0244. The van der Waals surface area contributed by atoms with Crippen molar-refractivity contribution in [3.63, 3.8) is 0 Å². The van der Waals surface area contributed by atoms with Crippen molar-refractivity contribution in [1.82, 2.24) is 4.98 Å². The number of hydrogen-bond acceptors (Lipinski definition) is 3. The Morgan fingerprint density at radius 1 is 1.14 bits per heavy atom. The van der Waals surface area contributed by atoms with Crippen LogP contribution in [0.2, 0.25) is 0 Å². The topological polar surface area (TPSA) is 63.2 Å². The van der Waals surface area contributed by atoms with Crippen LogP contribution in [0.1, 0.15) is 5.69 Å². The number of halogens is 2. The molecule has 7 heteroatoms. The number of amides is 2. The van der Waals surface area contributed by atoms with E-state index in [1.54, 1.807) is 12.1 Å². The van der Waals surface area contributed by atoms with Gasteiger partial charge in [-0.2, -0.15) is 8.78 Å². The first-order valence-corrected chi connectivity index (χ1v) is 6.09. The Labute approximate surface area is 120 Å². The third-order valence-electron chi connectivity index (χ3n) is 2.47. The van der Waals surface area contributed by atoms with E-state index in [0.29, 0.717) is 11.5 Å². The fourth-order valence-electron chi connectivity index (χ4n) is 1.61. The number of benzene rings is 1. The van der Waals surface area contributed by atoms with Gasteiger partial charge in [0.05, 0.1) is 0 Å². The number of anilines is 2. The highest BCUT2D eigenvalue weighted by atomic mass is 19.3. The molecule has 0 aliphatic rings. The fourth-order valence-corrected chi connectivity index (χ4v) is 1.61. The molecule has 1 aromatic carbocycles. The van der Waals surface area contributed by atoms with Gasteiger partial charge in [-0.3, -0.25) is 5.32 Å². The second-order valence-electron chi connectivity index (χ2n) is 4.15. The summed E-state index contributed by atoms with van der Waals surface area (Å²) in [7, 11) is 0. The number of pyridine rings is 1. The lowest BCUT2D eigenvalue weighted by Crippen LogP contribution is -2.20. The number of ether oxygens (including phenoxy) is 1. The Kier molecular flexibility index (Phi) is 4.65. The molecule has 0 unspecified atom stereocenters. The van der Waals surface area contributed by atoms with Gasteiger partial charge >= 0.3 is 12.6 Å². The lowest BCUT2D eigenvalue weighted by molar-refractivity contribution is -0.0498. The maximum atomic E-state index is 12.0. The van der Waals surface area contributed by atoms with Crippen LogP contribution >= 0.6 is 0 Å². The predicted molar refractivity (Wildman–Crippen MR) is 74.7 cm³/mol. The SMILES string of the molecule is Cc1cccc(NC(=O)Nc2ccc(OC(F)F)cc2)n1. The Morgan fingerprint density at radius 3 is 2.48 bits per heavy atom. The number of carbonyl (C=O) groups is 1. The highest BCUT2D eigenvalue weighted by Crippen LogP contribution is 2.17. The smallest absolute Gasteiger partial charge is 0.387 e. The number of nitrogens with one attached hydrogen (secondary N) is 2. The van der Waals surface area contributed by atoms with Gasteiger partial charge in [-0.05, 0) is 43.3 Å². The zero-order chi connectivity index (χ0) is 15.2. The van der Waals surface area contributed by atoms with Crippen LogP contribution in [0.4, 0.5) is 25.1 Å². The van der Waals surface area contributed by atoms with Crippen LogP contribution in [0.15, 0.2) is 42.5 Å². The Hall–Kier alpha value is -2.70. The maximum Gasteiger partial charge on any atom is 0.387 e. The van der Waals surface area contributed by atoms with Crippen LogP contribution < -0.4 is 15.4 Å². The van der Waals surface area contributed by atoms with Crippen LogP contribution in [0.5, 0.6) is 5.75 Å². The minimum atomic E-state index is -2.88. The van der Waals surface area contributed by atoms with Crippen molar-refractivity contribution in [2.75, 3.05) is 10.6 Å². The summed E-state index contributed by atoms with van der Waals surface area (Å²) >= 11 is 0. The molecule has 0 radical (unpaired) electrons. The van der Waals surface area contributed by atoms with Crippen LogP contribution in [-0.4, -0.2) is 17.6 Å². The van der Waals surface area contributed by atoms with Gasteiger partial charge < -0.3 is 10.1 Å². The quantitative estimate of drug-likeness (QED) is 0.904. The second-order valence-corrected chi connectivity index (χ2v) is 4.15. The molecule has 0 saturated carbocycles. The normalized spacial score (nSPS) is 10.3. The summed E-state index contributed by atoms with van der Waals surface area (Å²) in [6, 6.07) is 10.4. The third-order valence-corrected chi connectivity index (χ3v) is 2.47. The van der Waals surface area contributed by atoms with E-state index in [0.717, 1.165) is 5.69 Å². The Morgan fingerprint density at radius 2 is 1.86 bits per heavy atom. The first kappa shape index (κ1) is 14.7. The second kappa shape index (κ2) is 6.65. The fraction of sp³-hybridized carbons (Fsp3) is 0.143. The summed E-state index contributed by atoms with van der Waals surface area (Å²) < 4.78 is 28.2. The molecule has 0 fully saturated rings. The first-order valence-electron chi connectivity index (χ1n) is 6.09. The van der Waals surface area contributed by atoms with Crippen molar-refractivity contribution in [2.24, 2.45) is 0 Å². The van der Waals surface area contributed by atoms with Crippen molar-refractivity contribution >= 4 is 17.5 Å². The van der Waals surface area contributed by atoms with Crippen LogP contribution in [0.25, 0.3) is 0 Å². The molecule has 2 N–H and O–H groups in total. The van der Waals surface area contributed by atoms with E-state index in [9.17, 15) is 13.6 Å². The average molecular weight is 293 g/mol. The number of nitrogens with zero attached hydrogens (tertiary/aromatic N) is 1. The van der Waals surface area contributed by atoms with Crippen LogP contribution in [0, 0.1) is 6.92 Å². The van der Waals surface area contributed by atoms with Gasteiger partial charge in [0, 0.05) is 11.4 Å². The molecule has 0 bridgehead atoms. The molecule has 0 spiro atoms. The minimum Gasteiger partial charge on any atom is -0.435 e. The molecule has 5 nitrogen and oxygen atoms in total. The van der Waals surface area contributed by atoms with Gasteiger partial charge in [0.25, 0.3) is 0 Å². The molecule has 0 aliphatic heterocycles. The van der Waals surface area contributed by atoms with Gasteiger partial charge in [0.1, 0.15) is 11.6 Å². The highest BCUT2D eigenvalue weighted by molar-refractivity contribution is 5.99. The maximum absolute atomic E-state index is 12.0. The summed E-state index contributed by atoms with van der Waals surface area (Å²) in [5, 5.41) is 5.12. The van der Waals surface area contributed by atoms with E-state index in [1.807, 2.05) is 13.0 Å². The Bertz CT molecular complexity index is 618. The zero-order valence-electron chi connectivity index (χ0n) is 11.1. The van der Waals surface area contributed by atoms with Crippen LogP contribution in [0.3, 0.4) is 0 Å². The highest BCUT2D eigenvalue weighted by Gasteiger charge is 2.06. The molecule has 1 heterocycles. The summed E-state index contributed by atoms with van der Waals surface area (Å²) in [4.78, 5) is 15.9. The van der Waals surface area contributed by atoms with Gasteiger partial charge in [0.2, 0.25) is 0 Å². The third kappa shape index (κ3) is 4.72. The monoisotopic (exact) mass is 293 g/mol. The van der Waals surface area contributed by atoms with E-state index in [4.69, 9.17) is 0 Å². The molecule has 0 saturated heterocycles. The standard InChI is InChI=1S/C14H13F2N3O2/c1-9-3-2-4-12(17-9)19-14(20)18-10-5-7-11(8-6-10)21-13(15)16/h2-8,13H,1H3,(H2,17,18,19,20). The molecule has 2 amide bonds. The molecule has 0 aliphatic carbocycles. The summed E-state index contributed by atoms with van der Waals surface area (Å²) in [6.45, 7) is -1.07. The number of alkyl halides is 2. The number of urea groups is 1. The summed E-state index contributed by atoms with van der Waals surface area (Å²) in [5.41, 5.74) is 1.23. The van der Waals surface area contributed by atoms with E-state index in [1.165, 1.54) is 24.3 Å². The Balaban J connectivity index is 1.93. The van der Waals surface area contributed by atoms with E-state index >= 15 is 0 Å². The number of aryl methyl sites for hydroxylation is 1. The molecule has 0 atom stereocenters. The van der Waals surface area contributed by atoms with Gasteiger partial charge in [-0.15, -0.1) is 0 Å². The molecule has 110 valence electrons. The zero-order valence-corrected chi connectivity index (χ0v) is 11.1.